The van der Waals surface area contributed by atoms with E-state index in [4.69, 9.17) is 4.74 Å². The number of ether oxygens (including phenoxy) is 1. The number of methoxy groups -OCH3 is 1. The maximum Gasteiger partial charge on any atom is 0.122 e. The van der Waals surface area contributed by atoms with Crippen LogP contribution in [0.4, 0.5) is 0 Å². The van der Waals surface area contributed by atoms with Crippen molar-refractivity contribution >= 4 is 12.6 Å². The summed E-state index contributed by atoms with van der Waals surface area (Å²) in [5, 5.41) is 0. The van der Waals surface area contributed by atoms with Crippen molar-refractivity contribution < 1.29 is 4.74 Å². The molecule has 0 spiro atoms. The van der Waals surface area contributed by atoms with E-state index in [1.54, 1.807) is 7.11 Å². The third kappa shape index (κ3) is 3.39. The first-order valence-corrected chi connectivity index (χ1v) is 6.59. The van der Waals surface area contributed by atoms with Crippen molar-refractivity contribution in [2.45, 2.75) is 25.8 Å². The van der Waals surface area contributed by atoms with E-state index in [1.807, 2.05) is 0 Å². The van der Waals surface area contributed by atoms with Crippen LogP contribution < -0.4 is 4.74 Å². The first-order valence-electron chi connectivity index (χ1n) is 5.96. The minimum absolute atomic E-state index is 0.349. The molecule has 0 N–H and O–H groups in total. The summed E-state index contributed by atoms with van der Waals surface area (Å²) in [6.07, 6.45) is 0. The van der Waals surface area contributed by atoms with Crippen molar-refractivity contribution in [3.05, 3.63) is 29.3 Å². The summed E-state index contributed by atoms with van der Waals surface area (Å²) in [6, 6.07) is 6.78. The SMILES string of the molecule is COc1ccc(C(CS)N(C)C)cc1C(C)C. The molecule has 1 unspecified atom stereocenters. The summed E-state index contributed by atoms with van der Waals surface area (Å²) >= 11 is 4.43. The van der Waals surface area contributed by atoms with Crippen molar-refractivity contribution in [1.29, 1.82) is 0 Å². The van der Waals surface area contributed by atoms with Gasteiger partial charge < -0.3 is 9.64 Å². The van der Waals surface area contributed by atoms with Crippen LogP contribution in [0.1, 0.15) is 36.9 Å². The fourth-order valence-electron chi connectivity index (χ4n) is 1.98. The predicted octanol–water partition coefficient (Wildman–Crippen LogP) is 3.35. The second-order valence-electron chi connectivity index (χ2n) is 4.82. The highest BCUT2D eigenvalue weighted by atomic mass is 32.1. The number of nitrogens with zero attached hydrogens (tertiary/aromatic N) is 1. The summed E-state index contributed by atoms with van der Waals surface area (Å²) in [6.45, 7) is 4.37. The molecule has 96 valence electrons. The molecule has 0 aliphatic carbocycles. The Kier molecular flexibility index (Phi) is 5.34. The average Bonchev–Trinajstić information content (AvgIpc) is 2.29. The van der Waals surface area contributed by atoms with E-state index >= 15 is 0 Å². The zero-order valence-corrected chi connectivity index (χ0v) is 12.3. The van der Waals surface area contributed by atoms with Gasteiger partial charge in [-0.2, -0.15) is 12.6 Å². The van der Waals surface area contributed by atoms with Gasteiger partial charge in [0.25, 0.3) is 0 Å². The molecule has 3 heteroatoms. The van der Waals surface area contributed by atoms with E-state index in [-0.39, 0.29) is 0 Å². The summed E-state index contributed by atoms with van der Waals surface area (Å²) in [4.78, 5) is 2.19. The Morgan fingerprint density at radius 3 is 2.35 bits per heavy atom. The van der Waals surface area contributed by atoms with E-state index in [9.17, 15) is 0 Å². The van der Waals surface area contributed by atoms with E-state index in [0.717, 1.165) is 11.5 Å². The Hall–Kier alpha value is -0.670. The van der Waals surface area contributed by atoms with Gasteiger partial charge in [0.1, 0.15) is 5.75 Å². The quantitative estimate of drug-likeness (QED) is 0.808. The van der Waals surface area contributed by atoms with E-state index in [2.05, 4.69) is 63.7 Å². The molecule has 0 amide bonds. The molecule has 1 atom stereocenters. The second-order valence-corrected chi connectivity index (χ2v) is 5.18. The zero-order valence-electron chi connectivity index (χ0n) is 11.4. The molecule has 0 aliphatic heterocycles. The van der Waals surface area contributed by atoms with Gasteiger partial charge in [-0.25, -0.2) is 0 Å². The minimum atomic E-state index is 0.349. The molecular weight excluding hydrogens is 230 g/mol. The molecular formula is C14H23NOS. The normalized spacial score (nSPS) is 13.2. The molecule has 1 rings (SSSR count). The molecule has 0 radical (unpaired) electrons. The lowest BCUT2D eigenvalue weighted by molar-refractivity contribution is 0.325. The van der Waals surface area contributed by atoms with E-state index in [0.29, 0.717) is 12.0 Å². The third-order valence-electron chi connectivity index (χ3n) is 3.06. The number of hydrogen-bond donors (Lipinski definition) is 1. The maximum absolute atomic E-state index is 5.40. The minimum Gasteiger partial charge on any atom is -0.496 e. The number of thiol groups is 1. The van der Waals surface area contributed by atoms with Gasteiger partial charge in [0.05, 0.1) is 7.11 Å². The maximum atomic E-state index is 5.40. The van der Waals surface area contributed by atoms with Gasteiger partial charge in [-0.15, -0.1) is 0 Å². The van der Waals surface area contributed by atoms with Crippen molar-refractivity contribution in [1.82, 2.24) is 4.90 Å². The molecule has 0 aromatic heterocycles. The standard InChI is InChI=1S/C14H23NOS/c1-10(2)12-8-11(6-7-14(12)16-5)13(9-17)15(3)4/h6-8,10,13,17H,9H2,1-5H3. The third-order valence-corrected chi connectivity index (χ3v) is 3.40. The van der Waals surface area contributed by atoms with Crippen molar-refractivity contribution in [3.63, 3.8) is 0 Å². The van der Waals surface area contributed by atoms with Gasteiger partial charge in [-0.1, -0.05) is 26.0 Å². The van der Waals surface area contributed by atoms with Crippen LogP contribution in [-0.2, 0) is 0 Å². The summed E-state index contributed by atoms with van der Waals surface area (Å²) in [7, 11) is 5.89. The van der Waals surface area contributed by atoms with Gasteiger partial charge >= 0.3 is 0 Å². The highest BCUT2D eigenvalue weighted by Gasteiger charge is 2.15. The van der Waals surface area contributed by atoms with Gasteiger partial charge in [0.15, 0.2) is 0 Å². The molecule has 0 bridgehead atoms. The summed E-state index contributed by atoms with van der Waals surface area (Å²) < 4.78 is 5.40. The van der Waals surface area contributed by atoms with Crippen LogP contribution in [0, 0.1) is 0 Å². The topological polar surface area (TPSA) is 12.5 Å². The zero-order chi connectivity index (χ0) is 13.0. The highest BCUT2D eigenvalue weighted by Crippen LogP contribution is 2.30. The van der Waals surface area contributed by atoms with Gasteiger partial charge in [-0.05, 0) is 37.2 Å². The second kappa shape index (κ2) is 6.31. The molecule has 0 saturated carbocycles. The fourth-order valence-corrected chi connectivity index (χ4v) is 2.52. The van der Waals surface area contributed by atoms with Crippen molar-refractivity contribution in [2.75, 3.05) is 27.0 Å². The smallest absolute Gasteiger partial charge is 0.122 e. The first kappa shape index (κ1) is 14.4. The Labute approximate surface area is 110 Å². The van der Waals surface area contributed by atoms with Crippen LogP contribution in [0.3, 0.4) is 0 Å². The van der Waals surface area contributed by atoms with Crippen LogP contribution in [0.25, 0.3) is 0 Å². The lowest BCUT2D eigenvalue weighted by Gasteiger charge is -2.24. The van der Waals surface area contributed by atoms with E-state index < -0.39 is 0 Å². The first-order chi connectivity index (χ1) is 8.01. The van der Waals surface area contributed by atoms with Crippen LogP contribution >= 0.6 is 12.6 Å². The number of rotatable bonds is 5. The molecule has 0 saturated heterocycles. The summed E-state index contributed by atoms with van der Waals surface area (Å²) in [5.74, 6) is 2.25. The fraction of sp³-hybridized carbons (Fsp3) is 0.571. The Morgan fingerprint density at radius 2 is 1.94 bits per heavy atom. The van der Waals surface area contributed by atoms with Crippen LogP contribution in [0.2, 0.25) is 0 Å². The molecule has 0 aliphatic rings. The largest absolute Gasteiger partial charge is 0.496 e. The van der Waals surface area contributed by atoms with Gasteiger partial charge in [0.2, 0.25) is 0 Å². The van der Waals surface area contributed by atoms with Crippen molar-refractivity contribution in [2.24, 2.45) is 0 Å². The Bertz CT molecular complexity index is 363. The molecule has 0 fully saturated rings. The van der Waals surface area contributed by atoms with Gasteiger partial charge in [0, 0.05) is 11.8 Å². The van der Waals surface area contributed by atoms with Crippen LogP contribution in [0.15, 0.2) is 18.2 Å². The van der Waals surface area contributed by atoms with Crippen LogP contribution in [-0.4, -0.2) is 31.9 Å². The molecule has 17 heavy (non-hydrogen) atoms. The van der Waals surface area contributed by atoms with Gasteiger partial charge in [-0.3, -0.25) is 0 Å². The molecule has 1 aromatic carbocycles. The Morgan fingerprint density at radius 1 is 1.29 bits per heavy atom. The predicted molar refractivity (Wildman–Crippen MR) is 77.4 cm³/mol. The Balaban J connectivity index is 3.15. The lowest BCUT2D eigenvalue weighted by Crippen LogP contribution is -2.21. The highest BCUT2D eigenvalue weighted by molar-refractivity contribution is 7.80. The number of benzene rings is 1. The van der Waals surface area contributed by atoms with Crippen molar-refractivity contribution in [3.8, 4) is 5.75 Å². The van der Waals surface area contributed by atoms with Crippen LogP contribution in [0.5, 0.6) is 5.75 Å². The lowest BCUT2D eigenvalue weighted by atomic mass is 9.96. The number of hydrogen-bond acceptors (Lipinski definition) is 3. The molecule has 2 nitrogen and oxygen atoms in total. The monoisotopic (exact) mass is 253 g/mol. The molecule has 1 aromatic rings. The van der Waals surface area contributed by atoms with E-state index in [1.165, 1.54) is 11.1 Å². The average molecular weight is 253 g/mol. The summed E-state index contributed by atoms with van der Waals surface area (Å²) in [5.41, 5.74) is 2.56. The molecule has 0 heterocycles.